The highest BCUT2D eigenvalue weighted by molar-refractivity contribution is 6.17. The van der Waals surface area contributed by atoms with Crippen molar-refractivity contribution in [2.75, 3.05) is 12.8 Å². The topological polar surface area (TPSA) is 89.6 Å². The lowest BCUT2D eigenvalue weighted by molar-refractivity contribution is 0.0692. The third-order valence-electron chi connectivity index (χ3n) is 2.91. The zero-order valence-electron chi connectivity index (χ0n) is 10.8. The lowest BCUT2D eigenvalue weighted by Crippen LogP contribution is -2.12. The number of ketones is 1. The second kappa shape index (κ2) is 5.44. The zero-order chi connectivity index (χ0) is 14.7. The van der Waals surface area contributed by atoms with Gasteiger partial charge in [-0.05, 0) is 18.2 Å². The molecule has 0 saturated carbocycles. The van der Waals surface area contributed by atoms with Crippen LogP contribution < -0.4 is 10.5 Å². The summed E-state index contributed by atoms with van der Waals surface area (Å²) in [6, 6.07) is 10.8. The Kier molecular flexibility index (Phi) is 3.70. The normalized spacial score (nSPS) is 10.1. The molecule has 20 heavy (non-hydrogen) atoms. The Hall–Kier alpha value is -2.82. The van der Waals surface area contributed by atoms with Gasteiger partial charge in [0.1, 0.15) is 5.75 Å². The van der Waals surface area contributed by atoms with Gasteiger partial charge in [-0.3, -0.25) is 4.79 Å². The molecular formula is C15H13NO4. The van der Waals surface area contributed by atoms with Crippen molar-refractivity contribution in [3.63, 3.8) is 0 Å². The van der Waals surface area contributed by atoms with Crippen molar-refractivity contribution in [3.05, 3.63) is 59.2 Å². The molecule has 0 heterocycles. The monoisotopic (exact) mass is 271 g/mol. The van der Waals surface area contributed by atoms with Crippen LogP contribution >= 0.6 is 0 Å². The molecule has 2 aromatic rings. The van der Waals surface area contributed by atoms with E-state index < -0.39 is 11.8 Å². The van der Waals surface area contributed by atoms with Gasteiger partial charge in [0.05, 0.1) is 18.2 Å². The van der Waals surface area contributed by atoms with Crippen LogP contribution in [0.3, 0.4) is 0 Å². The van der Waals surface area contributed by atoms with Crippen LogP contribution in [-0.4, -0.2) is 24.0 Å². The molecule has 0 atom stereocenters. The van der Waals surface area contributed by atoms with E-state index in [1.807, 2.05) is 0 Å². The molecule has 0 bridgehead atoms. The van der Waals surface area contributed by atoms with E-state index in [9.17, 15) is 9.59 Å². The molecule has 0 spiro atoms. The Morgan fingerprint density at radius 1 is 1.05 bits per heavy atom. The summed E-state index contributed by atoms with van der Waals surface area (Å²) >= 11 is 0. The van der Waals surface area contributed by atoms with Crippen molar-refractivity contribution < 1.29 is 19.4 Å². The van der Waals surface area contributed by atoms with Gasteiger partial charge in [-0.2, -0.15) is 0 Å². The number of nitrogens with two attached hydrogens (primary N) is 1. The standard InChI is InChI=1S/C15H13NO4/c1-20-12-8-4-7-11(16)13(12)14(17)9-5-2-3-6-10(9)15(18)19/h2-8H,16H2,1H3,(H,18,19). The number of hydrogen-bond donors (Lipinski definition) is 2. The SMILES string of the molecule is COc1cccc(N)c1C(=O)c1ccccc1C(=O)O. The van der Waals surface area contributed by atoms with E-state index in [0.29, 0.717) is 5.75 Å². The first-order valence-corrected chi connectivity index (χ1v) is 5.85. The maximum Gasteiger partial charge on any atom is 0.336 e. The molecule has 2 aromatic carbocycles. The van der Waals surface area contributed by atoms with Crippen molar-refractivity contribution in [3.8, 4) is 5.75 Å². The van der Waals surface area contributed by atoms with Crippen LogP contribution in [0.5, 0.6) is 5.75 Å². The second-order valence-corrected chi connectivity index (χ2v) is 4.10. The van der Waals surface area contributed by atoms with E-state index >= 15 is 0 Å². The van der Waals surface area contributed by atoms with Gasteiger partial charge < -0.3 is 15.6 Å². The Balaban J connectivity index is 2.61. The predicted octanol–water partition coefficient (Wildman–Crippen LogP) is 2.21. The second-order valence-electron chi connectivity index (χ2n) is 4.10. The first-order valence-electron chi connectivity index (χ1n) is 5.85. The van der Waals surface area contributed by atoms with Gasteiger partial charge in [-0.1, -0.05) is 24.3 Å². The summed E-state index contributed by atoms with van der Waals surface area (Å²) < 4.78 is 5.12. The highest BCUT2D eigenvalue weighted by atomic mass is 16.5. The number of carboxylic acid groups (broad SMARTS) is 1. The molecule has 5 nitrogen and oxygen atoms in total. The highest BCUT2D eigenvalue weighted by Gasteiger charge is 2.22. The first-order chi connectivity index (χ1) is 9.56. The number of nitrogen functional groups attached to an aromatic ring is 1. The van der Waals surface area contributed by atoms with Crippen molar-refractivity contribution in [2.24, 2.45) is 0 Å². The van der Waals surface area contributed by atoms with E-state index in [-0.39, 0.29) is 22.4 Å². The summed E-state index contributed by atoms with van der Waals surface area (Å²) in [5.41, 5.74) is 6.24. The van der Waals surface area contributed by atoms with E-state index in [4.69, 9.17) is 15.6 Å². The summed E-state index contributed by atoms with van der Waals surface area (Å²) in [6.07, 6.45) is 0. The molecule has 0 aromatic heterocycles. The summed E-state index contributed by atoms with van der Waals surface area (Å²) in [5, 5.41) is 9.14. The Bertz CT molecular complexity index is 679. The number of aromatic carboxylic acids is 1. The molecule has 0 amide bonds. The number of carbonyl (C=O) groups excluding carboxylic acids is 1. The van der Waals surface area contributed by atoms with Gasteiger partial charge in [-0.15, -0.1) is 0 Å². The molecule has 0 aliphatic heterocycles. The minimum Gasteiger partial charge on any atom is -0.496 e. The summed E-state index contributed by atoms with van der Waals surface area (Å²) in [4.78, 5) is 23.7. The number of carboxylic acids is 1. The van der Waals surface area contributed by atoms with Crippen LogP contribution in [0.2, 0.25) is 0 Å². The molecule has 0 aliphatic rings. The van der Waals surface area contributed by atoms with Crippen LogP contribution in [-0.2, 0) is 0 Å². The predicted molar refractivity (Wildman–Crippen MR) is 74.2 cm³/mol. The maximum atomic E-state index is 12.5. The lowest BCUT2D eigenvalue weighted by atomic mass is 9.96. The maximum absolute atomic E-state index is 12.5. The third kappa shape index (κ3) is 2.33. The largest absolute Gasteiger partial charge is 0.496 e. The zero-order valence-corrected chi connectivity index (χ0v) is 10.8. The fourth-order valence-corrected chi connectivity index (χ4v) is 1.96. The number of hydrogen-bond acceptors (Lipinski definition) is 4. The van der Waals surface area contributed by atoms with Crippen molar-refractivity contribution in [2.45, 2.75) is 0 Å². The average molecular weight is 271 g/mol. The number of methoxy groups -OCH3 is 1. The number of rotatable bonds is 4. The van der Waals surface area contributed by atoms with E-state index in [1.165, 1.54) is 19.2 Å². The molecule has 102 valence electrons. The Morgan fingerprint density at radius 3 is 2.30 bits per heavy atom. The van der Waals surface area contributed by atoms with Crippen LogP contribution in [0.15, 0.2) is 42.5 Å². The minimum atomic E-state index is -1.16. The minimum absolute atomic E-state index is 0.0668. The van der Waals surface area contributed by atoms with Gasteiger partial charge >= 0.3 is 5.97 Å². The van der Waals surface area contributed by atoms with Crippen LogP contribution in [0.4, 0.5) is 5.69 Å². The Morgan fingerprint density at radius 2 is 1.70 bits per heavy atom. The van der Waals surface area contributed by atoms with Gasteiger partial charge in [0.2, 0.25) is 0 Å². The quantitative estimate of drug-likeness (QED) is 0.657. The highest BCUT2D eigenvalue weighted by Crippen LogP contribution is 2.28. The summed E-state index contributed by atoms with van der Waals surface area (Å²) in [5.74, 6) is -1.32. The van der Waals surface area contributed by atoms with Gasteiger partial charge in [-0.25, -0.2) is 4.79 Å². The summed E-state index contributed by atoms with van der Waals surface area (Å²) in [6.45, 7) is 0. The molecular weight excluding hydrogens is 258 g/mol. The molecule has 2 rings (SSSR count). The fourth-order valence-electron chi connectivity index (χ4n) is 1.96. The van der Waals surface area contributed by atoms with Gasteiger partial charge in [0.15, 0.2) is 5.78 Å². The van der Waals surface area contributed by atoms with Crippen molar-refractivity contribution >= 4 is 17.4 Å². The van der Waals surface area contributed by atoms with Crippen LogP contribution in [0.1, 0.15) is 26.3 Å². The molecule has 0 radical (unpaired) electrons. The molecule has 0 fully saturated rings. The van der Waals surface area contributed by atoms with E-state index in [0.717, 1.165) is 0 Å². The molecule has 0 unspecified atom stereocenters. The van der Waals surface area contributed by atoms with Gasteiger partial charge in [0.25, 0.3) is 0 Å². The lowest BCUT2D eigenvalue weighted by Gasteiger charge is -2.11. The molecule has 5 heteroatoms. The van der Waals surface area contributed by atoms with E-state index in [1.54, 1.807) is 30.3 Å². The summed E-state index contributed by atoms with van der Waals surface area (Å²) in [7, 11) is 1.43. The molecule has 0 saturated heterocycles. The van der Waals surface area contributed by atoms with Crippen LogP contribution in [0, 0.1) is 0 Å². The Labute approximate surface area is 115 Å². The molecule has 0 aliphatic carbocycles. The fraction of sp³-hybridized carbons (Fsp3) is 0.0667. The number of anilines is 1. The third-order valence-corrected chi connectivity index (χ3v) is 2.91. The average Bonchev–Trinajstić information content (AvgIpc) is 2.46. The first kappa shape index (κ1) is 13.6. The van der Waals surface area contributed by atoms with E-state index in [2.05, 4.69) is 0 Å². The number of ether oxygens (including phenoxy) is 1. The van der Waals surface area contributed by atoms with Crippen molar-refractivity contribution in [1.82, 2.24) is 0 Å². The van der Waals surface area contributed by atoms with Gasteiger partial charge in [0, 0.05) is 11.3 Å². The molecule has 3 N–H and O–H groups in total. The number of carbonyl (C=O) groups is 2. The number of benzene rings is 2. The van der Waals surface area contributed by atoms with Crippen LogP contribution in [0.25, 0.3) is 0 Å². The van der Waals surface area contributed by atoms with Crippen molar-refractivity contribution in [1.29, 1.82) is 0 Å². The smallest absolute Gasteiger partial charge is 0.336 e.